The second-order valence-electron chi connectivity index (χ2n) is 7.73. The number of rotatable bonds is 12. The van der Waals surface area contributed by atoms with E-state index >= 15 is 0 Å². The molecule has 1 aromatic carbocycles. The van der Waals surface area contributed by atoms with Crippen molar-refractivity contribution in [3.63, 3.8) is 0 Å². The molecule has 0 aliphatic heterocycles. The SMILES string of the molecule is COc1ccc(Sc2nc(N)nc3c2ncn3CCOCP(=O)(OC(C)C)OC(C)C)cc1. The van der Waals surface area contributed by atoms with Crippen molar-refractivity contribution in [2.45, 2.75) is 56.4 Å². The average Bonchev–Trinajstić information content (AvgIpc) is 3.13. The molecular weight excluding hydrogens is 465 g/mol. The molecule has 2 heterocycles. The van der Waals surface area contributed by atoms with Crippen LogP contribution in [0.4, 0.5) is 5.95 Å². The molecule has 0 spiro atoms. The Kier molecular flexibility index (Phi) is 8.72. The Morgan fingerprint density at radius 1 is 1.09 bits per heavy atom. The Labute approximate surface area is 197 Å². The molecule has 12 heteroatoms. The molecule has 0 fully saturated rings. The molecule has 0 aliphatic rings. The van der Waals surface area contributed by atoms with Gasteiger partial charge in [-0.3, -0.25) is 4.57 Å². The van der Waals surface area contributed by atoms with E-state index in [0.29, 0.717) is 22.7 Å². The van der Waals surface area contributed by atoms with Gasteiger partial charge < -0.3 is 28.8 Å². The van der Waals surface area contributed by atoms with Crippen LogP contribution in [0.25, 0.3) is 11.2 Å². The van der Waals surface area contributed by atoms with E-state index in [0.717, 1.165) is 10.6 Å². The first-order valence-electron chi connectivity index (χ1n) is 10.5. The minimum absolute atomic E-state index is 0.133. The van der Waals surface area contributed by atoms with Gasteiger partial charge in [-0.15, -0.1) is 0 Å². The highest BCUT2D eigenvalue weighted by molar-refractivity contribution is 7.99. The molecule has 0 saturated heterocycles. The maximum atomic E-state index is 12.9. The summed E-state index contributed by atoms with van der Waals surface area (Å²) in [5.41, 5.74) is 7.20. The normalized spacial score (nSPS) is 12.2. The number of hydrogen-bond donors (Lipinski definition) is 1. The van der Waals surface area contributed by atoms with Gasteiger partial charge >= 0.3 is 7.60 Å². The first kappa shape index (κ1) is 25.5. The second kappa shape index (κ2) is 11.3. The smallest absolute Gasteiger partial charge is 0.356 e. The molecule has 0 unspecified atom stereocenters. The molecule has 33 heavy (non-hydrogen) atoms. The lowest BCUT2D eigenvalue weighted by Gasteiger charge is -2.22. The molecule has 0 atom stereocenters. The summed E-state index contributed by atoms with van der Waals surface area (Å²) in [4.78, 5) is 14.1. The summed E-state index contributed by atoms with van der Waals surface area (Å²) in [6, 6.07) is 7.64. The molecule has 0 bridgehead atoms. The second-order valence-corrected chi connectivity index (χ2v) is 10.7. The summed E-state index contributed by atoms with van der Waals surface area (Å²) in [6.07, 6.45) is 1.05. The number of imidazole rings is 1. The van der Waals surface area contributed by atoms with Crippen LogP contribution < -0.4 is 10.5 Å². The third-order valence-corrected chi connectivity index (χ3v) is 7.16. The molecule has 2 N–H and O–H groups in total. The Hall–Kier alpha value is -2.17. The maximum absolute atomic E-state index is 12.9. The molecule has 2 aromatic heterocycles. The van der Waals surface area contributed by atoms with E-state index < -0.39 is 7.60 Å². The van der Waals surface area contributed by atoms with Gasteiger partial charge in [0, 0.05) is 11.4 Å². The number of anilines is 1. The van der Waals surface area contributed by atoms with Crippen LogP contribution in [0.15, 0.2) is 40.5 Å². The fraction of sp³-hybridized carbons (Fsp3) is 0.476. The van der Waals surface area contributed by atoms with Crippen molar-refractivity contribution < 1.29 is 23.1 Å². The average molecular weight is 496 g/mol. The molecule has 10 nitrogen and oxygen atoms in total. The number of nitrogens with two attached hydrogens (primary N) is 1. The molecule has 3 aromatic rings. The summed E-state index contributed by atoms with van der Waals surface area (Å²) in [5.74, 6) is 0.930. The zero-order valence-electron chi connectivity index (χ0n) is 19.4. The van der Waals surface area contributed by atoms with Gasteiger partial charge in [0.05, 0.1) is 32.3 Å². The number of benzene rings is 1. The van der Waals surface area contributed by atoms with Crippen molar-refractivity contribution in [3.05, 3.63) is 30.6 Å². The molecule has 180 valence electrons. The lowest BCUT2D eigenvalue weighted by Crippen LogP contribution is -2.13. The van der Waals surface area contributed by atoms with Gasteiger partial charge in [-0.1, -0.05) is 11.8 Å². The standard InChI is InChI=1S/C21H30N5O5PS/c1-14(2)30-32(27,31-15(3)4)13-29-11-10-26-12-23-18-19(26)24-21(22)25-20(18)33-17-8-6-16(28-5)7-9-17/h6-9,12,14-15H,10-11,13H2,1-5H3,(H2,22,24,25). The van der Waals surface area contributed by atoms with Crippen LogP contribution >= 0.6 is 19.4 Å². The number of fused-ring (bicyclic) bond motifs is 1. The largest absolute Gasteiger partial charge is 0.497 e. The van der Waals surface area contributed by atoms with E-state index in [4.69, 9.17) is 24.3 Å². The molecule has 0 aliphatic carbocycles. The highest BCUT2D eigenvalue weighted by Crippen LogP contribution is 2.50. The Balaban J connectivity index is 1.68. The first-order chi connectivity index (χ1) is 15.7. The Bertz CT molecular complexity index is 1090. The van der Waals surface area contributed by atoms with Crippen molar-refractivity contribution in [2.75, 3.05) is 25.8 Å². The summed E-state index contributed by atoms with van der Waals surface area (Å²) in [7, 11) is -1.73. The van der Waals surface area contributed by atoms with Crippen molar-refractivity contribution in [1.82, 2.24) is 19.5 Å². The fourth-order valence-electron chi connectivity index (χ4n) is 2.99. The lowest BCUT2D eigenvalue weighted by molar-refractivity contribution is 0.0961. The Morgan fingerprint density at radius 3 is 2.36 bits per heavy atom. The first-order valence-corrected chi connectivity index (χ1v) is 13.1. The van der Waals surface area contributed by atoms with Crippen molar-refractivity contribution in [3.8, 4) is 5.75 Å². The minimum Gasteiger partial charge on any atom is -0.497 e. The number of ether oxygens (including phenoxy) is 2. The number of methoxy groups -OCH3 is 1. The fourth-order valence-corrected chi connectivity index (χ4v) is 5.68. The van der Waals surface area contributed by atoms with Crippen LogP contribution in [0.3, 0.4) is 0 Å². The van der Waals surface area contributed by atoms with Crippen LogP contribution in [-0.2, 0) is 24.9 Å². The highest BCUT2D eigenvalue weighted by atomic mass is 32.2. The third-order valence-electron chi connectivity index (χ3n) is 4.19. The van der Waals surface area contributed by atoms with Gasteiger partial charge in [0.2, 0.25) is 5.95 Å². The van der Waals surface area contributed by atoms with Gasteiger partial charge in [0.15, 0.2) is 5.65 Å². The highest BCUT2D eigenvalue weighted by Gasteiger charge is 2.28. The number of nitrogens with zero attached hydrogens (tertiary/aromatic N) is 4. The molecular formula is C21H30N5O5PS. The molecule has 0 radical (unpaired) electrons. The van der Waals surface area contributed by atoms with E-state index in [1.165, 1.54) is 11.8 Å². The van der Waals surface area contributed by atoms with Gasteiger partial charge in [0.25, 0.3) is 0 Å². The van der Waals surface area contributed by atoms with Gasteiger partial charge in [-0.2, -0.15) is 4.98 Å². The predicted octanol–water partition coefficient (Wildman–Crippen LogP) is 4.59. The van der Waals surface area contributed by atoms with Crippen LogP contribution in [0.2, 0.25) is 0 Å². The molecule has 0 amide bonds. The van der Waals surface area contributed by atoms with Crippen LogP contribution in [-0.4, -0.2) is 51.8 Å². The van der Waals surface area contributed by atoms with Crippen molar-refractivity contribution in [2.24, 2.45) is 0 Å². The number of hydrogen-bond acceptors (Lipinski definition) is 10. The van der Waals surface area contributed by atoms with E-state index in [2.05, 4.69) is 15.0 Å². The van der Waals surface area contributed by atoms with Gasteiger partial charge in [-0.25, -0.2) is 9.97 Å². The van der Waals surface area contributed by atoms with E-state index in [-0.39, 0.29) is 31.1 Å². The summed E-state index contributed by atoms with van der Waals surface area (Å²) >= 11 is 1.44. The molecule has 0 saturated carbocycles. The minimum atomic E-state index is -3.35. The predicted molar refractivity (Wildman–Crippen MR) is 128 cm³/mol. The molecule has 3 rings (SSSR count). The number of aromatic nitrogens is 4. The van der Waals surface area contributed by atoms with Crippen molar-refractivity contribution in [1.29, 1.82) is 0 Å². The zero-order valence-corrected chi connectivity index (χ0v) is 21.1. The quantitative estimate of drug-likeness (QED) is 0.217. The van der Waals surface area contributed by atoms with Crippen LogP contribution in [0.5, 0.6) is 5.75 Å². The van der Waals surface area contributed by atoms with E-state index in [9.17, 15) is 4.57 Å². The maximum Gasteiger partial charge on any atom is 0.356 e. The van der Waals surface area contributed by atoms with E-state index in [1.807, 2.05) is 28.8 Å². The lowest BCUT2D eigenvalue weighted by atomic mass is 10.3. The van der Waals surface area contributed by atoms with E-state index in [1.54, 1.807) is 41.1 Å². The topological polar surface area (TPSA) is 124 Å². The Morgan fingerprint density at radius 2 is 1.76 bits per heavy atom. The van der Waals surface area contributed by atoms with Crippen LogP contribution in [0, 0.1) is 0 Å². The van der Waals surface area contributed by atoms with Crippen molar-refractivity contribution >= 4 is 36.5 Å². The van der Waals surface area contributed by atoms with Gasteiger partial charge in [0.1, 0.15) is 22.6 Å². The van der Waals surface area contributed by atoms with Crippen LogP contribution in [0.1, 0.15) is 27.7 Å². The third kappa shape index (κ3) is 7.15. The van der Waals surface area contributed by atoms with Gasteiger partial charge in [-0.05, 0) is 52.0 Å². The monoisotopic (exact) mass is 495 g/mol. The zero-order chi connectivity index (χ0) is 24.0. The summed E-state index contributed by atoms with van der Waals surface area (Å²) in [5, 5.41) is 0.655. The summed E-state index contributed by atoms with van der Waals surface area (Å²) in [6.45, 7) is 7.92. The summed E-state index contributed by atoms with van der Waals surface area (Å²) < 4.78 is 36.5. The number of nitrogen functional groups attached to an aromatic ring is 1.